The molecular formula is C21H25FN4O3. The van der Waals surface area contributed by atoms with Gasteiger partial charge in [0, 0.05) is 31.8 Å². The molecule has 2 aromatic rings. The quantitative estimate of drug-likeness (QED) is 0.845. The van der Waals surface area contributed by atoms with Crippen LogP contribution < -0.4 is 4.74 Å². The summed E-state index contributed by atoms with van der Waals surface area (Å²) in [6.45, 7) is 5.61. The van der Waals surface area contributed by atoms with Crippen molar-refractivity contribution in [2.75, 3.05) is 6.54 Å². The van der Waals surface area contributed by atoms with Gasteiger partial charge in [-0.2, -0.15) is 5.26 Å². The molecule has 2 heterocycles. The van der Waals surface area contributed by atoms with Gasteiger partial charge in [0.2, 0.25) is 0 Å². The number of rotatable bonds is 3. The number of benzene rings is 1. The van der Waals surface area contributed by atoms with E-state index in [-0.39, 0.29) is 24.3 Å². The molecule has 1 unspecified atom stereocenters. The zero-order valence-electron chi connectivity index (χ0n) is 17.0. The number of alkyl halides is 1. The fourth-order valence-corrected chi connectivity index (χ4v) is 3.83. The lowest BCUT2D eigenvalue weighted by Gasteiger charge is -2.46. The van der Waals surface area contributed by atoms with E-state index in [9.17, 15) is 15.2 Å². The number of piperidine rings is 1. The summed E-state index contributed by atoms with van der Waals surface area (Å²) in [5.41, 5.74) is 1.18. The van der Waals surface area contributed by atoms with Crippen LogP contribution in [0.4, 0.5) is 9.18 Å². The van der Waals surface area contributed by atoms with Crippen LogP contribution in [0.2, 0.25) is 0 Å². The van der Waals surface area contributed by atoms with Crippen molar-refractivity contribution >= 4 is 6.09 Å². The molecule has 3 rings (SSSR count). The highest BCUT2D eigenvalue weighted by molar-refractivity contribution is 5.66. The molecule has 1 amide bonds. The third-order valence-electron chi connectivity index (χ3n) is 5.16. The molecule has 8 heteroatoms. The van der Waals surface area contributed by atoms with Gasteiger partial charge in [-0.1, -0.05) is 20.8 Å². The lowest BCUT2D eigenvalue weighted by atomic mass is 9.78. The predicted molar refractivity (Wildman–Crippen MR) is 105 cm³/mol. The third-order valence-corrected chi connectivity index (χ3v) is 5.16. The van der Waals surface area contributed by atoms with Crippen molar-refractivity contribution in [2.24, 2.45) is 12.5 Å². The highest BCUT2D eigenvalue weighted by atomic mass is 19.1. The van der Waals surface area contributed by atoms with Gasteiger partial charge in [-0.3, -0.25) is 0 Å². The van der Waals surface area contributed by atoms with E-state index < -0.39 is 29.8 Å². The molecule has 0 spiro atoms. The van der Waals surface area contributed by atoms with Crippen LogP contribution in [-0.4, -0.2) is 50.5 Å². The van der Waals surface area contributed by atoms with Gasteiger partial charge in [-0.05, 0) is 23.6 Å². The Morgan fingerprint density at radius 1 is 1.41 bits per heavy atom. The van der Waals surface area contributed by atoms with Gasteiger partial charge in [0.05, 0.1) is 23.6 Å². The van der Waals surface area contributed by atoms with Crippen LogP contribution in [-0.2, 0) is 7.05 Å². The van der Waals surface area contributed by atoms with Crippen LogP contribution in [0.25, 0.3) is 11.3 Å². The van der Waals surface area contributed by atoms with Crippen LogP contribution in [0.5, 0.6) is 5.75 Å². The van der Waals surface area contributed by atoms with Crippen LogP contribution in [0.3, 0.4) is 0 Å². The summed E-state index contributed by atoms with van der Waals surface area (Å²) in [5, 5.41) is 19.0. The lowest BCUT2D eigenvalue weighted by Crippen LogP contribution is -2.60. The van der Waals surface area contributed by atoms with Gasteiger partial charge in [0.25, 0.3) is 0 Å². The van der Waals surface area contributed by atoms with E-state index in [0.29, 0.717) is 0 Å². The van der Waals surface area contributed by atoms with Crippen LogP contribution in [0.15, 0.2) is 30.7 Å². The van der Waals surface area contributed by atoms with E-state index in [1.165, 1.54) is 0 Å². The second-order valence-electron chi connectivity index (χ2n) is 8.42. The van der Waals surface area contributed by atoms with E-state index in [0.717, 1.165) is 16.2 Å². The molecule has 0 bridgehead atoms. The standard InChI is InChI=1S/C21H25FN4O3/c1-21(2,3)19-18(22)17(7-8-26(19)20(27)28)29-16-6-5-13(9-14(16)10-23)15-11-25(4)12-24-15/h5-6,9,11-12,17-19H,7-8H2,1-4H3,(H,27,28)/t17-,18-,19?/m1/s1. The maximum absolute atomic E-state index is 15.4. The van der Waals surface area contributed by atoms with Crippen molar-refractivity contribution in [2.45, 2.75) is 45.5 Å². The summed E-state index contributed by atoms with van der Waals surface area (Å²) in [6, 6.07) is 6.35. The number of nitriles is 1. The first-order valence-corrected chi connectivity index (χ1v) is 9.44. The SMILES string of the molecule is Cn1cnc(-c2ccc(O[C@@H]3CCN(C(=O)O)C(C(C)(C)C)[C@@H]3F)c(C#N)c2)c1. The molecule has 1 aromatic carbocycles. The van der Waals surface area contributed by atoms with E-state index in [1.807, 2.05) is 38.6 Å². The minimum Gasteiger partial charge on any atom is -0.486 e. The Hall–Kier alpha value is -3.08. The minimum absolute atomic E-state index is 0.177. The molecule has 1 fully saturated rings. The van der Waals surface area contributed by atoms with Gasteiger partial charge in [0.15, 0.2) is 6.17 Å². The summed E-state index contributed by atoms with van der Waals surface area (Å²) < 4.78 is 23.1. The Bertz CT molecular complexity index is 944. The van der Waals surface area contributed by atoms with Crippen molar-refractivity contribution in [3.63, 3.8) is 0 Å². The zero-order valence-corrected chi connectivity index (χ0v) is 17.0. The Balaban J connectivity index is 1.86. The van der Waals surface area contributed by atoms with Crippen LogP contribution >= 0.6 is 0 Å². The second kappa shape index (κ2) is 7.74. The second-order valence-corrected chi connectivity index (χ2v) is 8.42. The number of aromatic nitrogens is 2. The number of amides is 1. The molecule has 1 aliphatic heterocycles. The molecule has 0 aliphatic carbocycles. The number of halogens is 1. The number of nitrogens with zero attached hydrogens (tertiary/aromatic N) is 4. The first kappa shape index (κ1) is 20.6. The highest BCUT2D eigenvalue weighted by Crippen LogP contribution is 2.36. The number of imidazole rings is 1. The van der Waals surface area contributed by atoms with Crippen molar-refractivity contribution in [1.82, 2.24) is 14.5 Å². The van der Waals surface area contributed by atoms with Crippen molar-refractivity contribution in [3.05, 3.63) is 36.3 Å². The topological polar surface area (TPSA) is 91.4 Å². The number of hydrogen-bond acceptors (Lipinski definition) is 4. The molecule has 0 radical (unpaired) electrons. The van der Waals surface area contributed by atoms with Gasteiger partial charge in [-0.15, -0.1) is 0 Å². The summed E-state index contributed by atoms with van der Waals surface area (Å²) in [4.78, 5) is 17.0. The first-order chi connectivity index (χ1) is 13.6. The Labute approximate surface area is 169 Å². The van der Waals surface area contributed by atoms with Gasteiger partial charge in [-0.25, -0.2) is 14.2 Å². The monoisotopic (exact) mass is 400 g/mol. The van der Waals surface area contributed by atoms with Crippen molar-refractivity contribution in [1.29, 1.82) is 5.26 Å². The van der Waals surface area contributed by atoms with Gasteiger partial charge < -0.3 is 19.3 Å². The molecule has 154 valence electrons. The van der Waals surface area contributed by atoms with Crippen LogP contribution in [0, 0.1) is 16.7 Å². The zero-order chi connectivity index (χ0) is 21.3. The molecule has 1 N–H and O–H groups in total. The van der Waals surface area contributed by atoms with Crippen LogP contribution in [0.1, 0.15) is 32.8 Å². The summed E-state index contributed by atoms with van der Waals surface area (Å²) in [5.74, 6) is 0.288. The summed E-state index contributed by atoms with van der Waals surface area (Å²) in [7, 11) is 1.86. The van der Waals surface area contributed by atoms with E-state index in [4.69, 9.17) is 4.74 Å². The molecule has 1 aromatic heterocycles. The average Bonchev–Trinajstić information content (AvgIpc) is 3.08. The smallest absolute Gasteiger partial charge is 0.407 e. The van der Waals surface area contributed by atoms with Crippen molar-refractivity contribution in [3.8, 4) is 23.1 Å². The molecule has 29 heavy (non-hydrogen) atoms. The molecule has 1 saturated heterocycles. The fourth-order valence-electron chi connectivity index (χ4n) is 3.83. The fraction of sp³-hybridized carbons (Fsp3) is 0.476. The third kappa shape index (κ3) is 4.19. The number of aryl methyl sites for hydroxylation is 1. The Morgan fingerprint density at radius 2 is 2.14 bits per heavy atom. The maximum Gasteiger partial charge on any atom is 0.407 e. The van der Waals surface area contributed by atoms with E-state index >= 15 is 4.39 Å². The molecule has 7 nitrogen and oxygen atoms in total. The normalized spacial score (nSPS) is 22.2. The Morgan fingerprint density at radius 3 is 2.69 bits per heavy atom. The minimum atomic E-state index is -1.51. The van der Waals surface area contributed by atoms with Crippen molar-refractivity contribution < 1.29 is 19.0 Å². The maximum atomic E-state index is 15.4. The van der Waals surface area contributed by atoms with E-state index in [1.54, 1.807) is 24.5 Å². The van der Waals surface area contributed by atoms with Gasteiger partial charge >= 0.3 is 6.09 Å². The number of hydrogen-bond donors (Lipinski definition) is 1. The largest absolute Gasteiger partial charge is 0.486 e. The number of carbonyl (C=O) groups is 1. The summed E-state index contributed by atoms with van der Waals surface area (Å²) in [6.07, 6.45) is 0.243. The lowest BCUT2D eigenvalue weighted by molar-refractivity contribution is -0.0513. The highest BCUT2D eigenvalue weighted by Gasteiger charge is 2.47. The number of carboxylic acid groups (broad SMARTS) is 1. The van der Waals surface area contributed by atoms with E-state index in [2.05, 4.69) is 11.1 Å². The summed E-state index contributed by atoms with van der Waals surface area (Å²) >= 11 is 0. The molecular weight excluding hydrogens is 375 g/mol. The Kier molecular flexibility index (Phi) is 5.51. The molecule has 3 atom stereocenters. The van der Waals surface area contributed by atoms with Gasteiger partial charge in [0.1, 0.15) is 17.9 Å². The number of ether oxygens (including phenoxy) is 1. The predicted octanol–water partition coefficient (Wildman–Crippen LogP) is 3.84. The first-order valence-electron chi connectivity index (χ1n) is 9.44. The average molecular weight is 400 g/mol. The molecule has 1 aliphatic rings. The molecule has 0 saturated carbocycles. The number of likely N-dealkylation sites (tertiary alicyclic amines) is 1.